The number of piperazine rings is 1. The van der Waals surface area contributed by atoms with E-state index in [9.17, 15) is 0 Å². The number of nitrogens with zero attached hydrogens (tertiary/aromatic N) is 4. The van der Waals surface area contributed by atoms with E-state index in [2.05, 4.69) is 75.9 Å². The molecule has 140 valence electrons. The molecule has 0 bridgehead atoms. The summed E-state index contributed by atoms with van der Waals surface area (Å²) in [5.74, 6) is 1.12. The smallest absolute Gasteiger partial charge is 0.322 e. The minimum atomic E-state index is -0.279. The molecule has 5 nitrogen and oxygen atoms in total. The zero-order valence-electron chi connectivity index (χ0n) is 15.8. The summed E-state index contributed by atoms with van der Waals surface area (Å²) in [5.41, 5.74) is 0.930. The fourth-order valence-corrected chi connectivity index (χ4v) is 4.05. The van der Waals surface area contributed by atoms with Crippen LogP contribution in [0.3, 0.4) is 0 Å². The molecular formula is C20H27BrN4O. The molecule has 0 amide bonds. The molecule has 0 radical (unpaired) electrons. The molecule has 1 aliphatic heterocycles. The second-order valence-corrected chi connectivity index (χ2v) is 8.93. The summed E-state index contributed by atoms with van der Waals surface area (Å²) in [5, 5.41) is 4.40. The number of hydrogen-bond acceptors (Lipinski definition) is 5. The molecule has 1 saturated heterocycles. The zero-order valence-corrected chi connectivity index (χ0v) is 17.4. The van der Waals surface area contributed by atoms with Crippen LogP contribution in [0.15, 0.2) is 33.3 Å². The lowest BCUT2D eigenvalue weighted by Gasteiger charge is -2.33. The molecule has 1 unspecified atom stereocenters. The first kappa shape index (κ1) is 18.0. The van der Waals surface area contributed by atoms with Gasteiger partial charge in [-0.3, -0.25) is 4.90 Å². The largest absolute Gasteiger partial charge is 0.324 e. The monoisotopic (exact) mass is 418 g/mol. The lowest BCUT2D eigenvalue weighted by Crippen LogP contribution is -2.47. The standard InChI is InChI=1S/C20H27BrN4O/c1-14(2)20(3,15-4-6-16(21)7-5-15)18-22-19(26-23-18)25-12-10-24(11-13-25)17-8-9-17/h4-7,14,17H,8-13H2,1-3H3. The predicted octanol–water partition coefficient (Wildman–Crippen LogP) is 4.08. The summed E-state index contributed by atoms with van der Waals surface area (Å²) in [6, 6.07) is 9.95. The lowest BCUT2D eigenvalue weighted by molar-refractivity contribution is 0.241. The SMILES string of the molecule is CC(C)C(C)(c1ccc(Br)cc1)c1noc(N2CCN(C3CC3)CC2)n1. The van der Waals surface area contributed by atoms with Gasteiger partial charge in [0.15, 0.2) is 5.82 Å². The van der Waals surface area contributed by atoms with Crippen LogP contribution >= 0.6 is 15.9 Å². The molecule has 0 spiro atoms. The summed E-state index contributed by atoms with van der Waals surface area (Å²) >= 11 is 3.52. The summed E-state index contributed by atoms with van der Waals surface area (Å²) in [6.07, 6.45) is 2.73. The Balaban J connectivity index is 1.55. The molecule has 2 heterocycles. The van der Waals surface area contributed by atoms with Crippen LogP contribution in [0.25, 0.3) is 0 Å². The van der Waals surface area contributed by atoms with Crippen molar-refractivity contribution in [1.82, 2.24) is 15.0 Å². The molecule has 2 aliphatic rings. The normalized spacial score (nSPS) is 21.2. The molecule has 2 fully saturated rings. The average Bonchev–Trinajstić information content (AvgIpc) is 3.38. The number of benzene rings is 1. The molecule has 26 heavy (non-hydrogen) atoms. The summed E-state index contributed by atoms with van der Waals surface area (Å²) in [6.45, 7) is 10.8. The summed E-state index contributed by atoms with van der Waals surface area (Å²) < 4.78 is 6.77. The maximum absolute atomic E-state index is 5.69. The summed E-state index contributed by atoms with van der Waals surface area (Å²) in [4.78, 5) is 9.65. The third kappa shape index (κ3) is 3.29. The maximum Gasteiger partial charge on any atom is 0.324 e. The Kier molecular flexibility index (Phi) is 4.82. The van der Waals surface area contributed by atoms with Crippen molar-refractivity contribution in [2.75, 3.05) is 31.1 Å². The van der Waals surface area contributed by atoms with Crippen LogP contribution in [0.4, 0.5) is 6.01 Å². The van der Waals surface area contributed by atoms with Crippen molar-refractivity contribution in [2.45, 2.75) is 45.1 Å². The minimum Gasteiger partial charge on any atom is -0.322 e. The van der Waals surface area contributed by atoms with Gasteiger partial charge in [0.1, 0.15) is 0 Å². The van der Waals surface area contributed by atoms with E-state index in [4.69, 9.17) is 9.51 Å². The zero-order chi connectivity index (χ0) is 18.3. The molecule has 2 aromatic rings. The van der Waals surface area contributed by atoms with E-state index >= 15 is 0 Å². The quantitative estimate of drug-likeness (QED) is 0.731. The van der Waals surface area contributed by atoms with Gasteiger partial charge in [0.25, 0.3) is 0 Å². The van der Waals surface area contributed by atoms with E-state index in [0.717, 1.165) is 42.5 Å². The number of anilines is 1. The molecule has 1 saturated carbocycles. The van der Waals surface area contributed by atoms with Gasteiger partial charge in [-0.2, -0.15) is 4.98 Å². The fraction of sp³-hybridized carbons (Fsp3) is 0.600. The highest BCUT2D eigenvalue weighted by Crippen LogP contribution is 2.38. The van der Waals surface area contributed by atoms with Crippen molar-refractivity contribution in [3.63, 3.8) is 0 Å². The molecule has 0 N–H and O–H groups in total. The van der Waals surface area contributed by atoms with Crippen molar-refractivity contribution in [3.05, 3.63) is 40.1 Å². The number of halogens is 1. The Morgan fingerprint density at radius 2 is 1.77 bits per heavy atom. The van der Waals surface area contributed by atoms with Gasteiger partial charge in [-0.05, 0) is 43.4 Å². The van der Waals surface area contributed by atoms with E-state index in [1.807, 2.05) is 0 Å². The first-order chi connectivity index (χ1) is 12.5. The Morgan fingerprint density at radius 3 is 2.35 bits per heavy atom. The van der Waals surface area contributed by atoms with E-state index in [0.29, 0.717) is 11.9 Å². The van der Waals surface area contributed by atoms with Gasteiger partial charge >= 0.3 is 6.01 Å². The van der Waals surface area contributed by atoms with Crippen molar-refractivity contribution in [2.24, 2.45) is 5.92 Å². The van der Waals surface area contributed by atoms with Crippen molar-refractivity contribution in [1.29, 1.82) is 0 Å². The van der Waals surface area contributed by atoms with E-state index < -0.39 is 0 Å². The van der Waals surface area contributed by atoms with Gasteiger partial charge in [0, 0.05) is 36.7 Å². The summed E-state index contributed by atoms with van der Waals surface area (Å²) in [7, 11) is 0. The molecular weight excluding hydrogens is 392 g/mol. The van der Waals surface area contributed by atoms with Gasteiger partial charge < -0.3 is 9.42 Å². The van der Waals surface area contributed by atoms with Crippen LogP contribution in [0.5, 0.6) is 0 Å². The van der Waals surface area contributed by atoms with Gasteiger partial charge in [-0.15, -0.1) is 0 Å². The van der Waals surface area contributed by atoms with Crippen LogP contribution in [0, 0.1) is 5.92 Å². The van der Waals surface area contributed by atoms with Crippen LogP contribution in [-0.4, -0.2) is 47.3 Å². The van der Waals surface area contributed by atoms with Crippen molar-refractivity contribution >= 4 is 21.9 Å². The third-order valence-corrected chi connectivity index (χ3v) is 6.66. The Labute approximate surface area is 163 Å². The third-order valence-electron chi connectivity index (χ3n) is 6.13. The van der Waals surface area contributed by atoms with Crippen LogP contribution in [0.2, 0.25) is 0 Å². The first-order valence-corrected chi connectivity index (χ1v) is 10.4. The molecule has 1 aromatic heterocycles. The molecule has 1 aliphatic carbocycles. The number of aromatic nitrogens is 2. The molecule has 6 heteroatoms. The Hall–Kier alpha value is -1.40. The van der Waals surface area contributed by atoms with Crippen LogP contribution in [-0.2, 0) is 5.41 Å². The minimum absolute atomic E-state index is 0.279. The topological polar surface area (TPSA) is 45.4 Å². The van der Waals surface area contributed by atoms with Gasteiger partial charge in [0.2, 0.25) is 0 Å². The maximum atomic E-state index is 5.69. The van der Waals surface area contributed by atoms with Crippen LogP contribution < -0.4 is 4.90 Å². The van der Waals surface area contributed by atoms with E-state index in [1.54, 1.807) is 0 Å². The molecule has 4 rings (SSSR count). The second-order valence-electron chi connectivity index (χ2n) is 8.02. The van der Waals surface area contributed by atoms with Crippen LogP contribution in [0.1, 0.15) is 45.0 Å². The van der Waals surface area contributed by atoms with E-state index in [1.165, 1.54) is 18.4 Å². The highest BCUT2D eigenvalue weighted by Gasteiger charge is 2.38. The lowest BCUT2D eigenvalue weighted by atomic mass is 9.73. The predicted molar refractivity (Wildman–Crippen MR) is 107 cm³/mol. The molecule has 1 aromatic carbocycles. The number of rotatable bonds is 5. The molecule has 1 atom stereocenters. The van der Waals surface area contributed by atoms with Gasteiger partial charge in [0.05, 0.1) is 5.41 Å². The number of hydrogen-bond donors (Lipinski definition) is 0. The Morgan fingerprint density at radius 1 is 1.12 bits per heavy atom. The highest BCUT2D eigenvalue weighted by atomic mass is 79.9. The van der Waals surface area contributed by atoms with Gasteiger partial charge in [-0.1, -0.05) is 47.1 Å². The highest BCUT2D eigenvalue weighted by molar-refractivity contribution is 9.10. The van der Waals surface area contributed by atoms with Crippen molar-refractivity contribution in [3.8, 4) is 0 Å². The fourth-order valence-electron chi connectivity index (χ4n) is 3.79. The average molecular weight is 419 g/mol. The first-order valence-electron chi connectivity index (χ1n) is 9.57. The Bertz CT molecular complexity index is 747. The van der Waals surface area contributed by atoms with Crippen molar-refractivity contribution < 1.29 is 4.52 Å². The van der Waals surface area contributed by atoms with Gasteiger partial charge in [-0.25, -0.2) is 0 Å². The second kappa shape index (κ2) is 6.97. The van der Waals surface area contributed by atoms with E-state index in [-0.39, 0.29) is 5.41 Å².